The second-order valence-corrected chi connectivity index (χ2v) is 7.99. The van der Waals surface area contributed by atoms with Crippen LogP contribution in [0.5, 0.6) is 11.5 Å². The molecule has 36 heavy (non-hydrogen) atoms. The molecule has 0 aliphatic rings. The third-order valence-corrected chi connectivity index (χ3v) is 5.43. The Hall–Kier alpha value is -4.79. The maximum Gasteiger partial charge on any atom is 0.265 e. The normalized spacial score (nSPS) is 11.7. The number of aromatic nitrogens is 5. The van der Waals surface area contributed by atoms with Gasteiger partial charge in [0.2, 0.25) is 0 Å². The average molecular weight is 481 g/mol. The molecule has 0 saturated heterocycles. The van der Waals surface area contributed by atoms with Gasteiger partial charge in [-0.1, -0.05) is 18.2 Å². The van der Waals surface area contributed by atoms with Gasteiger partial charge in [-0.25, -0.2) is 0 Å². The number of nitrogens with zero attached hydrogens (tertiary/aromatic N) is 5. The zero-order chi connectivity index (χ0) is 24.9. The molecule has 0 saturated carbocycles. The monoisotopic (exact) mass is 480 g/mol. The fraction of sp³-hybridized carbons (Fsp3) is 0.148. The number of carbonyl (C=O) groups is 1. The minimum Gasteiger partial charge on any atom is -0.494 e. The SMILES string of the molecule is CCOc1cccc(OC(C)C(=O)Nc2cccc(-c3ccc4nnc(-c5ccncc5)n4n3)c2)c1. The first-order valence-corrected chi connectivity index (χ1v) is 11.5. The van der Waals surface area contributed by atoms with E-state index in [0.29, 0.717) is 41.0 Å². The first kappa shape index (κ1) is 23.0. The van der Waals surface area contributed by atoms with E-state index in [1.54, 1.807) is 36.0 Å². The van der Waals surface area contributed by atoms with Crippen molar-refractivity contribution in [3.8, 4) is 34.1 Å². The molecule has 9 heteroatoms. The van der Waals surface area contributed by atoms with E-state index in [9.17, 15) is 4.79 Å². The van der Waals surface area contributed by atoms with Crippen molar-refractivity contribution in [1.29, 1.82) is 0 Å². The Morgan fingerprint density at radius 1 is 0.944 bits per heavy atom. The van der Waals surface area contributed by atoms with E-state index in [-0.39, 0.29) is 5.91 Å². The molecule has 180 valence electrons. The maximum atomic E-state index is 12.8. The van der Waals surface area contributed by atoms with Gasteiger partial charge in [0.05, 0.1) is 12.3 Å². The Kier molecular flexibility index (Phi) is 6.53. The highest BCUT2D eigenvalue weighted by Crippen LogP contribution is 2.24. The number of hydrogen-bond donors (Lipinski definition) is 1. The predicted molar refractivity (Wildman–Crippen MR) is 136 cm³/mol. The molecule has 1 amide bonds. The number of hydrogen-bond acceptors (Lipinski definition) is 7. The van der Waals surface area contributed by atoms with Crippen LogP contribution in [0.1, 0.15) is 13.8 Å². The molecule has 0 fully saturated rings. The van der Waals surface area contributed by atoms with Crippen LogP contribution in [0, 0.1) is 0 Å². The van der Waals surface area contributed by atoms with Crippen molar-refractivity contribution in [2.24, 2.45) is 0 Å². The fourth-order valence-corrected chi connectivity index (χ4v) is 3.69. The van der Waals surface area contributed by atoms with Crippen LogP contribution in [0.2, 0.25) is 0 Å². The van der Waals surface area contributed by atoms with Crippen LogP contribution in [0.25, 0.3) is 28.3 Å². The molecule has 1 N–H and O–H groups in total. The van der Waals surface area contributed by atoms with E-state index < -0.39 is 6.10 Å². The largest absolute Gasteiger partial charge is 0.494 e. The number of nitrogens with one attached hydrogen (secondary N) is 1. The number of pyridine rings is 1. The van der Waals surface area contributed by atoms with Crippen molar-refractivity contribution in [2.75, 3.05) is 11.9 Å². The third kappa shape index (κ3) is 5.00. The van der Waals surface area contributed by atoms with Crippen LogP contribution in [-0.4, -0.2) is 43.4 Å². The van der Waals surface area contributed by atoms with Crippen LogP contribution < -0.4 is 14.8 Å². The van der Waals surface area contributed by atoms with Gasteiger partial charge in [-0.05, 0) is 62.4 Å². The summed E-state index contributed by atoms with van der Waals surface area (Å²) in [6.45, 7) is 4.17. The topological polar surface area (TPSA) is 104 Å². The molecule has 1 unspecified atom stereocenters. The minimum atomic E-state index is -0.708. The summed E-state index contributed by atoms with van der Waals surface area (Å²) in [5.74, 6) is 1.61. The molecule has 0 bridgehead atoms. The van der Waals surface area contributed by atoms with Crippen LogP contribution in [0.3, 0.4) is 0 Å². The predicted octanol–water partition coefficient (Wildman–Crippen LogP) is 4.66. The number of ether oxygens (including phenoxy) is 2. The summed E-state index contributed by atoms with van der Waals surface area (Å²) in [4.78, 5) is 16.9. The first-order valence-electron chi connectivity index (χ1n) is 11.5. The van der Waals surface area contributed by atoms with Crippen molar-refractivity contribution in [3.05, 3.63) is 85.2 Å². The van der Waals surface area contributed by atoms with E-state index in [2.05, 4.69) is 20.5 Å². The smallest absolute Gasteiger partial charge is 0.265 e. The van der Waals surface area contributed by atoms with Gasteiger partial charge < -0.3 is 14.8 Å². The van der Waals surface area contributed by atoms with Crippen molar-refractivity contribution in [2.45, 2.75) is 20.0 Å². The number of amides is 1. The molecule has 2 aromatic carbocycles. The molecule has 3 heterocycles. The molecular formula is C27H24N6O3. The van der Waals surface area contributed by atoms with Gasteiger partial charge in [-0.2, -0.15) is 9.61 Å². The summed E-state index contributed by atoms with van der Waals surface area (Å²) in [5.41, 5.74) is 3.68. The van der Waals surface area contributed by atoms with E-state index in [1.807, 2.05) is 67.6 Å². The van der Waals surface area contributed by atoms with E-state index in [4.69, 9.17) is 14.6 Å². The second kappa shape index (κ2) is 10.2. The van der Waals surface area contributed by atoms with Gasteiger partial charge in [-0.3, -0.25) is 9.78 Å². The summed E-state index contributed by atoms with van der Waals surface area (Å²) >= 11 is 0. The number of carbonyl (C=O) groups excluding carboxylic acids is 1. The Morgan fingerprint density at radius 2 is 1.75 bits per heavy atom. The molecular weight excluding hydrogens is 456 g/mol. The van der Waals surface area contributed by atoms with Crippen LogP contribution >= 0.6 is 0 Å². The highest BCUT2D eigenvalue weighted by molar-refractivity contribution is 5.94. The maximum absolute atomic E-state index is 12.8. The van der Waals surface area contributed by atoms with Gasteiger partial charge in [0, 0.05) is 35.3 Å². The number of anilines is 1. The lowest BCUT2D eigenvalue weighted by molar-refractivity contribution is -0.122. The highest BCUT2D eigenvalue weighted by Gasteiger charge is 2.16. The zero-order valence-electron chi connectivity index (χ0n) is 19.8. The van der Waals surface area contributed by atoms with Crippen LogP contribution in [0.15, 0.2) is 85.2 Å². The Bertz CT molecular complexity index is 1500. The molecule has 0 spiro atoms. The lowest BCUT2D eigenvalue weighted by atomic mass is 10.1. The molecule has 1 atom stereocenters. The lowest BCUT2D eigenvalue weighted by Gasteiger charge is -2.16. The van der Waals surface area contributed by atoms with E-state index >= 15 is 0 Å². The summed E-state index contributed by atoms with van der Waals surface area (Å²) in [6, 6.07) is 22.2. The van der Waals surface area contributed by atoms with Gasteiger partial charge in [-0.15, -0.1) is 10.2 Å². The number of rotatable bonds is 8. The summed E-state index contributed by atoms with van der Waals surface area (Å²) in [7, 11) is 0. The van der Waals surface area contributed by atoms with Gasteiger partial charge >= 0.3 is 0 Å². The Morgan fingerprint density at radius 3 is 2.58 bits per heavy atom. The van der Waals surface area contributed by atoms with Gasteiger partial charge in [0.1, 0.15) is 11.5 Å². The molecule has 3 aromatic heterocycles. The average Bonchev–Trinajstić information content (AvgIpc) is 3.33. The molecule has 9 nitrogen and oxygen atoms in total. The molecule has 0 aliphatic carbocycles. The summed E-state index contributed by atoms with van der Waals surface area (Å²) in [5, 5.41) is 16.1. The minimum absolute atomic E-state index is 0.267. The van der Waals surface area contributed by atoms with E-state index in [1.165, 1.54) is 0 Å². The molecule has 0 radical (unpaired) electrons. The van der Waals surface area contributed by atoms with Crippen molar-refractivity contribution in [1.82, 2.24) is 24.8 Å². The van der Waals surface area contributed by atoms with Crippen molar-refractivity contribution >= 4 is 17.2 Å². The number of fused-ring (bicyclic) bond motifs is 1. The van der Waals surface area contributed by atoms with Gasteiger partial charge in [0.15, 0.2) is 17.6 Å². The second-order valence-electron chi connectivity index (χ2n) is 7.99. The van der Waals surface area contributed by atoms with Crippen molar-refractivity contribution < 1.29 is 14.3 Å². The first-order chi connectivity index (χ1) is 17.6. The molecule has 5 rings (SSSR count). The van der Waals surface area contributed by atoms with Gasteiger partial charge in [0.25, 0.3) is 5.91 Å². The molecule has 5 aromatic rings. The molecule has 0 aliphatic heterocycles. The lowest BCUT2D eigenvalue weighted by Crippen LogP contribution is -2.30. The Balaban J connectivity index is 1.33. The highest BCUT2D eigenvalue weighted by atomic mass is 16.5. The standard InChI is InChI=1S/C27H24N6O3/c1-3-35-22-8-5-9-23(17-22)36-18(2)27(34)29-21-7-4-6-20(16-21)24-10-11-25-30-31-26(33(25)32-24)19-12-14-28-15-13-19/h4-18H,3H2,1-2H3,(H,29,34). The van der Waals surface area contributed by atoms with Crippen LogP contribution in [0.4, 0.5) is 5.69 Å². The third-order valence-electron chi connectivity index (χ3n) is 5.43. The summed E-state index contributed by atoms with van der Waals surface area (Å²) in [6.07, 6.45) is 2.69. The van der Waals surface area contributed by atoms with Crippen LogP contribution in [-0.2, 0) is 4.79 Å². The Labute approximate surface area is 207 Å². The van der Waals surface area contributed by atoms with E-state index in [0.717, 1.165) is 11.1 Å². The zero-order valence-corrected chi connectivity index (χ0v) is 19.8. The number of benzene rings is 2. The van der Waals surface area contributed by atoms with Crippen molar-refractivity contribution in [3.63, 3.8) is 0 Å². The fourth-order valence-electron chi connectivity index (χ4n) is 3.69. The summed E-state index contributed by atoms with van der Waals surface area (Å²) < 4.78 is 13.0. The quantitative estimate of drug-likeness (QED) is 0.345.